The number of nitrogens with zero attached hydrogens (tertiary/aromatic N) is 1. The van der Waals surface area contributed by atoms with Crippen molar-refractivity contribution in [3.63, 3.8) is 0 Å². The minimum atomic E-state index is -0.428. The summed E-state index contributed by atoms with van der Waals surface area (Å²) in [5.74, 6) is -0.157. The molecule has 0 saturated heterocycles. The van der Waals surface area contributed by atoms with Crippen molar-refractivity contribution >= 4 is 39.1 Å². The number of para-hydroxylation sites is 1. The number of hydrogen-bond donors (Lipinski definition) is 1. The van der Waals surface area contributed by atoms with Gasteiger partial charge < -0.3 is 5.73 Å². The fourth-order valence-corrected chi connectivity index (χ4v) is 1.26. The molecule has 5 heteroatoms. The Morgan fingerprint density at radius 2 is 2.31 bits per heavy atom. The summed E-state index contributed by atoms with van der Waals surface area (Å²) in [6, 6.07) is 4.57. The van der Waals surface area contributed by atoms with Crippen molar-refractivity contribution in [1.29, 1.82) is 0 Å². The van der Waals surface area contributed by atoms with E-state index >= 15 is 0 Å². The topological polar surface area (TPSA) is 38.4 Å². The van der Waals surface area contributed by atoms with Crippen LogP contribution < -0.4 is 5.73 Å². The second-order valence-corrected chi connectivity index (χ2v) is 3.43. The SMILES string of the molecule is NC(CCl)=Nc1c(F)cccc1Br. The molecule has 1 rings (SSSR count). The molecule has 2 nitrogen and oxygen atoms in total. The van der Waals surface area contributed by atoms with Gasteiger partial charge in [-0.25, -0.2) is 9.38 Å². The number of nitrogens with two attached hydrogens (primary N) is 1. The predicted octanol–water partition coefficient (Wildman–Crippen LogP) is 2.82. The van der Waals surface area contributed by atoms with Crippen LogP contribution in [0.5, 0.6) is 0 Å². The van der Waals surface area contributed by atoms with Gasteiger partial charge in [-0.15, -0.1) is 11.6 Å². The Morgan fingerprint density at radius 1 is 1.62 bits per heavy atom. The van der Waals surface area contributed by atoms with E-state index in [9.17, 15) is 4.39 Å². The summed E-state index contributed by atoms with van der Waals surface area (Å²) in [6.07, 6.45) is 0. The number of rotatable bonds is 2. The van der Waals surface area contributed by atoms with Gasteiger partial charge in [0.25, 0.3) is 0 Å². The van der Waals surface area contributed by atoms with Crippen molar-refractivity contribution in [2.45, 2.75) is 0 Å². The Bertz CT molecular complexity index is 321. The molecule has 0 heterocycles. The third kappa shape index (κ3) is 2.67. The first-order valence-electron chi connectivity index (χ1n) is 3.48. The monoisotopic (exact) mass is 264 g/mol. The minimum absolute atomic E-state index is 0.0841. The Labute approximate surface area is 88.7 Å². The summed E-state index contributed by atoms with van der Waals surface area (Å²) >= 11 is 8.57. The maximum Gasteiger partial charge on any atom is 0.150 e. The van der Waals surface area contributed by atoms with Crippen LogP contribution in [0.1, 0.15) is 0 Å². The highest BCUT2D eigenvalue weighted by Crippen LogP contribution is 2.27. The van der Waals surface area contributed by atoms with Crippen LogP contribution in [-0.4, -0.2) is 11.7 Å². The van der Waals surface area contributed by atoms with Crippen LogP contribution in [0.15, 0.2) is 27.7 Å². The smallest absolute Gasteiger partial charge is 0.150 e. The van der Waals surface area contributed by atoms with Crippen molar-refractivity contribution in [3.05, 3.63) is 28.5 Å². The zero-order chi connectivity index (χ0) is 9.84. The van der Waals surface area contributed by atoms with Gasteiger partial charge in [-0.05, 0) is 28.1 Å². The van der Waals surface area contributed by atoms with Gasteiger partial charge in [-0.1, -0.05) is 6.07 Å². The number of alkyl halides is 1. The zero-order valence-corrected chi connectivity index (χ0v) is 8.94. The number of hydrogen-bond acceptors (Lipinski definition) is 1. The second kappa shape index (κ2) is 4.58. The molecule has 0 amide bonds. The van der Waals surface area contributed by atoms with Gasteiger partial charge in [0.1, 0.15) is 17.3 Å². The normalized spacial score (nSPS) is 11.8. The first kappa shape index (κ1) is 10.5. The summed E-state index contributed by atoms with van der Waals surface area (Å²) in [5.41, 5.74) is 5.55. The Balaban J connectivity index is 3.14. The average Bonchev–Trinajstić information content (AvgIpc) is 2.11. The summed E-state index contributed by atoms with van der Waals surface area (Å²) in [5, 5.41) is 0. The van der Waals surface area contributed by atoms with E-state index in [-0.39, 0.29) is 17.4 Å². The first-order chi connectivity index (χ1) is 6.15. The molecule has 0 radical (unpaired) electrons. The molecule has 0 spiro atoms. The van der Waals surface area contributed by atoms with Gasteiger partial charge in [0.05, 0.1) is 5.88 Å². The van der Waals surface area contributed by atoms with E-state index < -0.39 is 5.82 Å². The van der Waals surface area contributed by atoms with E-state index in [0.717, 1.165) is 0 Å². The molecule has 0 unspecified atom stereocenters. The van der Waals surface area contributed by atoms with Crippen LogP contribution in [0.2, 0.25) is 0 Å². The number of amidine groups is 1. The molecule has 0 aromatic heterocycles. The average molecular weight is 266 g/mol. The molecule has 70 valence electrons. The standard InChI is InChI=1S/C8H7BrClFN2/c9-5-2-1-3-6(11)8(5)13-7(12)4-10/h1-3H,4H2,(H2,12,13). The van der Waals surface area contributed by atoms with Gasteiger partial charge in [0.15, 0.2) is 0 Å². The second-order valence-electron chi connectivity index (χ2n) is 2.31. The molecular weight excluding hydrogens is 258 g/mol. The molecule has 1 aromatic carbocycles. The van der Waals surface area contributed by atoms with Crippen LogP contribution in [-0.2, 0) is 0 Å². The molecule has 0 fully saturated rings. The predicted molar refractivity (Wildman–Crippen MR) is 56.1 cm³/mol. The molecular formula is C8H7BrClFN2. The molecule has 2 N–H and O–H groups in total. The number of aliphatic imine (C=N–C) groups is 1. The highest BCUT2D eigenvalue weighted by atomic mass is 79.9. The highest BCUT2D eigenvalue weighted by Gasteiger charge is 2.04. The quantitative estimate of drug-likeness (QED) is 0.498. The van der Waals surface area contributed by atoms with Crippen molar-refractivity contribution in [1.82, 2.24) is 0 Å². The van der Waals surface area contributed by atoms with Crippen molar-refractivity contribution in [3.8, 4) is 0 Å². The van der Waals surface area contributed by atoms with Crippen LogP contribution in [0.3, 0.4) is 0 Å². The van der Waals surface area contributed by atoms with E-state index in [4.69, 9.17) is 17.3 Å². The fraction of sp³-hybridized carbons (Fsp3) is 0.125. The lowest BCUT2D eigenvalue weighted by molar-refractivity contribution is 0.629. The molecule has 1 aromatic rings. The van der Waals surface area contributed by atoms with Crippen LogP contribution in [0, 0.1) is 5.82 Å². The molecule has 0 aliphatic rings. The summed E-state index contributed by atoms with van der Waals surface area (Å²) in [7, 11) is 0. The van der Waals surface area contributed by atoms with E-state index in [2.05, 4.69) is 20.9 Å². The first-order valence-corrected chi connectivity index (χ1v) is 4.81. The fourth-order valence-electron chi connectivity index (χ4n) is 0.769. The van der Waals surface area contributed by atoms with Crippen molar-refractivity contribution in [2.75, 3.05) is 5.88 Å². The molecule has 0 atom stereocenters. The minimum Gasteiger partial charge on any atom is -0.386 e. The van der Waals surface area contributed by atoms with E-state index in [1.807, 2.05) is 0 Å². The summed E-state index contributed by atoms with van der Waals surface area (Å²) in [4.78, 5) is 3.82. The molecule has 0 aliphatic carbocycles. The lowest BCUT2D eigenvalue weighted by Gasteiger charge is -2.00. The number of halogens is 3. The van der Waals surface area contributed by atoms with Gasteiger partial charge in [0, 0.05) is 4.47 Å². The lowest BCUT2D eigenvalue weighted by Crippen LogP contribution is -2.12. The van der Waals surface area contributed by atoms with E-state index in [1.165, 1.54) is 6.07 Å². The summed E-state index contributed by atoms with van der Waals surface area (Å²) < 4.78 is 13.7. The van der Waals surface area contributed by atoms with Gasteiger partial charge >= 0.3 is 0 Å². The Kier molecular flexibility index (Phi) is 3.69. The van der Waals surface area contributed by atoms with Crippen LogP contribution in [0.25, 0.3) is 0 Å². The maximum atomic E-state index is 13.1. The van der Waals surface area contributed by atoms with E-state index in [1.54, 1.807) is 12.1 Å². The number of benzene rings is 1. The van der Waals surface area contributed by atoms with Gasteiger partial charge in [0.2, 0.25) is 0 Å². The Morgan fingerprint density at radius 3 is 2.85 bits per heavy atom. The third-order valence-corrected chi connectivity index (χ3v) is 2.24. The zero-order valence-electron chi connectivity index (χ0n) is 6.60. The van der Waals surface area contributed by atoms with Crippen molar-refractivity contribution < 1.29 is 4.39 Å². The van der Waals surface area contributed by atoms with Crippen LogP contribution in [0.4, 0.5) is 10.1 Å². The maximum absolute atomic E-state index is 13.1. The van der Waals surface area contributed by atoms with Gasteiger partial charge in [-0.3, -0.25) is 0 Å². The Hall–Kier alpha value is -0.610. The van der Waals surface area contributed by atoms with Crippen molar-refractivity contribution in [2.24, 2.45) is 10.7 Å². The van der Waals surface area contributed by atoms with E-state index in [0.29, 0.717) is 4.47 Å². The molecule has 0 bridgehead atoms. The molecule has 0 saturated carbocycles. The summed E-state index contributed by atoms with van der Waals surface area (Å²) in [6.45, 7) is 0. The van der Waals surface area contributed by atoms with Gasteiger partial charge in [-0.2, -0.15) is 0 Å². The molecule has 0 aliphatic heterocycles. The largest absolute Gasteiger partial charge is 0.386 e. The highest BCUT2D eigenvalue weighted by molar-refractivity contribution is 9.10. The third-order valence-electron chi connectivity index (χ3n) is 1.33. The molecule has 13 heavy (non-hydrogen) atoms. The lowest BCUT2D eigenvalue weighted by atomic mass is 10.3. The van der Waals surface area contributed by atoms with Crippen LogP contribution >= 0.6 is 27.5 Å².